The second kappa shape index (κ2) is 8.37. The minimum atomic E-state index is -0.309. The first-order valence-corrected chi connectivity index (χ1v) is 10.1. The topological polar surface area (TPSA) is 62.2 Å². The Morgan fingerprint density at radius 2 is 1.67 bits per heavy atom. The summed E-state index contributed by atoms with van der Waals surface area (Å²) in [7, 11) is 0. The SMILES string of the molecule is CCC(NC(=O)c1c(O)c(-c2ccccc2)nc2cc(C)ccc12)c1ccccc1. The molecule has 30 heavy (non-hydrogen) atoms. The van der Waals surface area contributed by atoms with E-state index in [1.54, 1.807) is 0 Å². The van der Waals surface area contributed by atoms with Crippen molar-refractivity contribution in [3.05, 3.63) is 95.6 Å². The fraction of sp³-hybridized carbons (Fsp3) is 0.154. The normalized spacial score (nSPS) is 11.9. The van der Waals surface area contributed by atoms with Gasteiger partial charge in [0.25, 0.3) is 5.91 Å². The molecule has 1 unspecified atom stereocenters. The highest BCUT2D eigenvalue weighted by Crippen LogP contribution is 2.36. The van der Waals surface area contributed by atoms with Crippen molar-refractivity contribution in [2.75, 3.05) is 0 Å². The Kier molecular flexibility index (Phi) is 5.48. The van der Waals surface area contributed by atoms with Crippen molar-refractivity contribution in [3.8, 4) is 17.0 Å². The number of aromatic hydroxyl groups is 1. The van der Waals surface area contributed by atoms with Crippen LogP contribution in [0.4, 0.5) is 0 Å². The van der Waals surface area contributed by atoms with Gasteiger partial charge < -0.3 is 10.4 Å². The van der Waals surface area contributed by atoms with Crippen LogP contribution in [0.25, 0.3) is 22.2 Å². The molecule has 150 valence electrons. The van der Waals surface area contributed by atoms with Crippen molar-refractivity contribution in [1.29, 1.82) is 0 Å². The maximum atomic E-state index is 13.4. The molecule has 4 heteroatoms. The number of aryl methyl sites for hydroxylation is 1. The Morgan fingerprint density at radius 1 is 1.00 bits per heavy atom. The summed E-state index contributed by atoms with van der Waals surface area (Å²) in [5, 5.41) is 14.8. The summed E-state index contributed by atoms with van der Waals surface area (Å²) in [6.45, 7) is 4.01. The zero-order valence-corrected chi connectivity index (χ0v) is 17.1. The van der Waals surface area contributed by atoms with E-state index in [1.165, 1.54) is 0 Å². The Bertz CT molecular complexity index is 1190. The molecule has 0 aliphatic carbocycles. The summed E-state index contributed by atoms with van der Waals surface area (Å²) < 4.78 is 0. The summed E-state index contributed by atoms with van der Waals surface area (Å²) >= 11 is 0. The second-order valence-corrected chi connectivity index (χ2v) is 7.42. The molecule has 4 rings (SSSR count). The number of fused-ring (bicyclic) bond motifs is 1. The zero-order chi connectivity index (χ0) is 21.1. The van der Waals surface area contributed by atoms with Gasteiger partial charge in [-0.2, -0.15) is 0 Å². The fourth-order valence-electron chi connectivity index (χ4n) is 3.73. The van der Waals surface area contributed by atoms with Crippen molar-refractivity contribution in [2.24, 2.45) is 0 Å². The molecule has 1 aromatic heterocycles. The highest BCUT2D eigenvalue weighted by atomic mass is 16.3. The number of carbonyl (C=O) groups is 1. The monoisotopic (exact) mass is 396 g/mol. The maximum Gasteiger partial charge on any atom is 0.256 e. The molecule has 0 saturated heterocycles. The molecule has 0 aliphatic heterocycles. The van der Waals surface area contributed by atoms with Gasteiger partial charge in [-0.1, -0.05) is 79.7 Å². The Balaban J connectivity index is 1.84. The van der Waals surface area contributed by atoms with Gasteiger partial charge in [-0.3, -0.25) is 4.79 Å². The molecule has 0 fully saturated rings. The number of amides is 1. The average Bonchev–Trinajstić information content (AvgIpc) is 2.78. The summed E-state index contributed by atoms with van der Waals surface area (Å²) in [6.07, 6.45) is 0.740. The number of aromatic nitrogens is 1. The van der Waals surface area contributed by atoms with Gasteiger partial charge >= 0.3 is 0 Å². The van der Waals surface area contributed by atoms with Crippen LogP contribution in [-0.4, -0.2) is 16.0 Å². The summed E-state index contributed by atoms with van der Waals surface area (Å²) in [4.78, 5) is 18.1. The van der Waals surface area contributed by atoms with Gasteiger partial charge in [0.05, 0.1) is 17.1 Å². The van der Waals surface area contributed by atoms with Gasteiger partial charge in [-0.15, -0.1) is 0 Å². The van der Waals surface area contributed by atoms with Crippen LogP contribution in [-0.2, 0) is 0 Å². The zero-order valence-electron chi connectivity index (χ0n) is 17.1. The number of rotatable bonds is 5. The Morgan fingerprint density at radius 3 is 2.33 bits per heavy atom. The third-order valence-corrected chi connectivity index (χ3v) is 5.31. The molecule has 4 nitrogen and oxygen atoms in total. The predicted octanol–water partition coefficient (Wildman–Crippen LogP) is 5.80. The molecule has 0 bridgehead atoms. The molecule has 0 radical (unpaired) electrons. The van der Waals surface area contributed by atoms with Crippen LogP contribution in [0.2, 0.25) is 0 Å². The van der Waals surface area contributed by atoms with Gasteiger partial charge in [0.15, 0.2) is 5.75 Å². The van der Waals surface area contributed by atoms with Crippen LogP contribution in [0.3, 0.4) is 0 Å². The maximum absolute atomic E-state index is 13.4. The van der Waals surface area contributed by atoms with Gasteiger partial charge in [0, 0.05) is 10.9 Å². The molecular weight excluding hydrogens is 372 g/mol. The van der Waals surface area contributed by atoms with Crippen molar-refractivity contribution >= 4 is 16.8 Å². The summed E-state index contributed by atoms with van der Waals surface area (Å²) in [6, 6.07) is 24.9. The standard InChI is InChI=1S/C26H24N2O2/c1-3-21(18-10-6-4-7-11-18)28-26(30)23-20-15-14-17(2)16-22(20)27-24(25(23)29)19-12-8-5-9-13-19/h4-16,21,29H,3H2,1-2H3,(H,28,30). The second-order valence-electron chi connectivity index (χ2n) is 7.42. The minimum absolute atomic E-state index is 0.0991. The van der Waals surface area contributed by atoms with Crippen LogP contribution in [0.1, 0.15) is 40.9 Å². The molecule has 1 atom stereocenters. The molecule has 4 aromatic rings. The van der Waals surface area contributed by atoms with E-state index in [0.717, 1.165) is 23.1 Å². The van der Waals surface area contributed by atoms with Crippen molar-refractivity contribution < 1.29 is 9.90 Å². The molecule has 2 N–H and O–H groups in total. The molecule has 0 spiro atoms. The van der Waals surface area contributed by atoms with E-state index in [9.17, 15) is 9.90 Å². The highest BCUT2D eigenvalue weighted by Gasteiger charge is 2.23. The number of hydrogen-bond acceptors (Lipinski definition) is 3. The molecule has 1 heterocycles. The molecule has 1 amide bonds. The molecule has 3 aromatic carbocycles. The van der Waals surface area contributed by atoms with E-state index < -0.39 is 0 Å². The quantitative estimate of drug-likeness (QED) is 0.448. The lowest BCUT2D eigenvalue weighted by atomic mass is 9.99. The smallest absolute Gasteiger partial charge is 0.256 e. The Hall–Kier alpha value is -3.66. The molecule has 0 aliphatic rings. The number of carbonyl (C=O) groups excluding carboxylic acids is 1. The predicted molar refractivity (Wildman–Crippen MR) is 121 cm³/mol. The lowest BCUT2D eigenvalue weighted by Gasteiger charge is -2.19. The van der Waals surface area contributed by atoms with Crippen LogP contribution >= 0.6 is 0 Å². The van der Waals surface area contributed by atoms with Crippen molar-refractivity contribution in [1.82, 2.24) is 10.3 Å². The van der Waals surface area contributed by atoms with Crippen LogP contribution in [0.5, 0.6) is 5.75 Å². The fourth-order valence-corrected chi connectivity index (χ4v) is 3.73. The van der Waals surface area contributed by atoms with E-state index in [-0.39, 0.29) is 23.3 Å². The van der Waals surface area contributed by atoms with E-state index in [2.05, 4.69) is 10.3 Å². The number of hydrogen-bond donors (Lipinski definition) is 2. The first-order valence-electron chi connectivity index (χ1n) is 10.1. The van der Waals surface area contributed by atoms with Gasteiger partial charge in [-0.05, 0) is 30.5 Å². The van der Waals surface area contributed by atoms with Gasteiger partial charge in [0.1, 0.15) is 5.69 Å². The first-order chi connectivity index (χ1) is 14.6. The number of nitrogens with one attached hydrogen (secondary N) is 1. The Labute approximate surface area is 176 Å². The summed E-state index contributed by atoms with van der Waals surface area (Å²) in [5.74, 6) is -0.408. The largest absolute Gasteiger partial charge is 0.505 e. The summed E-state index contributed by atoms with van der Waals surface area (Å²) in [5.41, 5.74) is 4.19. The number of nitrogens with zero attached hydrogens (tertiary/aromatic N) is 1. The lowest BCUT2D eigenvalue weighted by Crippen LogP contribution is -2.28. The minimum Gasteiger partial charge on any atom is -0.505 e. The van der Waals surface area contributed by atoms with E-state index in [4.69, 9.17) is 0 Å². The van der Waals surface area contributed by atoms with Crippen LogP contribution in [0, 0.1) is 6.92 Å². The van der Waals surface area contributed by atoms with Crippen LogP contribution < -0.4 is 5.32 Å². The van der Waals surface area contributed by atoms with E-state index >= 15 is 0 Å². The van der Waals surface area contributed by atoms with E-state index in [1.807, 2.05) is 92.7 Å². The number of pyridine rings is 1. The highest BCUT2D eigenvalue weighted by molar-refractivity contribution is 6.10. The van der Waals surface area contributed by atoms with Crippen LogP contribution in [0.15, 0.2) is 78.9 Å². The third-order valence-electron chi connectivity index (χ3n) is 5.31. The van der Waals surface area contributed by atoms with E-state index in [0.29, 0.717) is 16.6 Å². The first kappa shape index (κ1) is 19.6. The van der Waals surface area contributed by atoms with Gasteiger partial charge in [0.2, 0.25) is 0 Å². The number of benzene rings is 3. The van der Waals surface area contributed by atoms with Crippen molar-refractivity contribution in [3.63, 3.8) is 0 Å². The van der Waals surface area contributed by atoms with Crippen molar-refractivity contribution in [2.45, 2.75) is 26.3 Å². The average molecular weight is 396 g/mol. The lowest BCUT2D eigenvalue weighted by molar-refractivity contribution is 0.0934. The van der Waals surface area contributed by atoms with Gasteiger partial charge in [-0.25, -0.2) is 4.98 Å². The molecule has 0 saturated carbocycles. The molecular formula is C26H24N2O2. The third kappa shape index (κ3) is 3.77.